The summed E-state index contributed by atoms with van der Waals surface area (Å²) in [7, 11) is 0. The third-order valence-corrected chi connectivity index (χ3v) is 2.10. The summed E-state index contributed by atoms with van der Waals surface area (Å²) in [4.78, 5) is 0. The fraction of sp³-hybridized carbons (Fsp3) is 1.00. The van der Waals surface area contributed by atoms with Gasteiger partial charge in [0, 0.05) is 6.61 Å². The highest BCUT2D eigenvalue weighted by atomic mass is 16.3. The van der Waals surface area contributed by atoms with Crippen LogP contribution >= 0.6 is 0 Å². The lowest BCUT2D eigenvalue weighted by Crippen LogP contribution is -2.13. The summed E-state index contributed by atoms with van der Waals surface area (Å²) < 4.78 is 0. The van der Waals surface area contributed by atoms with E-state index < -0.39 is 0 Å². The Morgan fingerprint density at radius 2 is 1.50 bits per heavy atom. The third-order valence-electron chi connectivity index (χ3n) is 2.10. The molecule has 0 aliphatic rings. The van der Waals surface area contributed by atoms with Crippen molar-refractivity contribution in [3.8, 4) is 0 Å². The number of aliphatic hydroxyl groups is 1. The summed E-state index contributed by atoms with van der Waals surface area (Å²) >= 11 is 0. The van der Waals surface area contributed by atoms with Crippen LogP contribution in [0.3, 0.4) is 0 Å². The Morgan fingerprint density at radius 1 is 1.00 bits per heavy atom. The minimum absolute atomic E-state index is 0.327. The molecule has 0 saturated carbocycles. The van der Waals surface area contributed by atoms with Crippen molar-refractivity contribution in [1.82, 2.24) is 0 Å². The molecule has 1 nitrogen and oxygen atoms in total. The monoisotopic (exact) mass is 144 g/mol. The van der Waals surface area contributed by atoms with E-state index in [1.807, 2.05) is 0 Å². The molecule has 0 saturated heterocycles. The van der Waals surface area contributed by atoms with Gasteiger partial charge in [0.25, 0.3) is 0 Å². The molecule has 0 fully saturated rings. The summed E-state index contributed by atoms with van der Waals surface area (Å²) in [6, 6.07) is 0. The van der Waals surface area contributed by atoms with Crippen molar-refractivity contribution >= 4 is 0 Å². The van der Waals surface area contributed by atoms with Crippen molar-refractivity contribution in [3.05, 3.63) is 0 Å². The highest BCUT2D eigenvalue weighted by Crippen LogP contribution is 2.18. The van der Waals surface area contributed by atoms with E-state index in [0.29, 0.717) is 18.4 Å². The SMILES string of the molecule is CC(C)CC(C)C(C)CO. The average Bonchev–Trinajstić information content (AvgIpc) is 1.85. The van der Waals surface area contributed by atoms with Gasteiger partial charge in [-0.1, -0.05) is 27.7 Å². The van der Waals surface area contributed by atoms with Gasteiger partial charge in [0.2, 0.25) is 0 Å². The standard InChI is InChI=1S/C9H20O/c1-7(2)5-8(3)9(4)6-10/h7-10H,5-6H2,1-4H3. The van der Waals surface area contributed by atoms with Crippen LogP contribution in [0, 0.1) is 17.8 Å². The molecule has 1 heteroatoms. The van der Waals surface area contributed by atoms with Crippen molar-refractivity contribution in [3.63, 3.8) is 0 Å². The van der Waals surface area contributed by atoms with Crippen LogP contribution in [0.4, 0.5) is 0 Å². The first kappa shape index (κ1) is 9.96. The van der Waals surface area contributed by atoms with Crippen LogP contribution in [0.1, 0.15) is 34.1 Å². The fourth-order valence-electron chi connectivity index (χ4n) is 1.16. The quantitative estimate of drug-likeness (QED) is 0.642. The Morgan fingerprint density at radius 3 is 1.80 bits per heavy atom. The lowest BCUT2D eigenvalue weighted by Gasteiger charge is -2.19. The number of hydrogen-bond donors (Lipinski definition) is 1. The van der Waals surface area contributed by atoms with Crippen LogP contribution in [-0.2, 0) is 0 Å². The third kappa shape index (κ3) is 3.89. The van der Waals surface area contributed by atoms with Gasteiger partial charge in [0.1, 0.15) is 0 Å². The zero-order valence-corrected chi connectivity index (χ0v) is 7.59. The van der Waals surface area contributed by atoms with Crippen LogP contribution < -0.4 is 0 Å². The van der Waals surface area contributed by atoms with Gasteiger partial charge in [0.15, 0.2) is 0 Å². The fourth-order valence-corrected chi connectivity index (χ4v) is 1.16. The predicted octanol–water partition coefficient (Wildman–Crippen LogP) is 2.30. The molecule has 0 heterocycles. The van der Waals surface area contributed by atoms with Crippen molar-refractivity contribution in [2.24, 2.45) is 17.8 Å². The van der Waals surface area contributed by atoms with Crippen LogP contribution in [0.2, 0.25) is 0 Å². The van der Waals surface area contributed by atoms with Gasteiger partial charge < -0.3 is 5.11 Å². The van der Waals surface area contributed by atoms with Crippen LogP contribution in [0.25, 0.3) is 0 Å². The van der Waals surface area contributed by atoms with E-state index in [2.05, 4.69) is 27.7 Å². The van der Waals surface area contributed by atoms with Crippen LogP contribution in [0.15, 0.2) is 0 Å². The minimum atomic E-state index is 0.327. The van der Waals surface area contributed by atoms with Crippen molar-refractivity contribution in [2.45, 2.75) is 34.1 Å². The van der Waals surface area contributed by atoms with E-state index in [1.165, 1.54) is 6.42 Å². The Bertz CT molecular complexity index is 78.8. The maximum atomic E-state index is 8.82. The van der Waals surface area contributed by atoms with E-state index in [9.17, 15) is 0 Å². The Balaban J connectivity index is 3.50. The lowest BCUT2D eigenvalue weighted by atomic mass is 9.89. The average molecular weight is 144 g/mol. The van der Waals surface area contributed by atoms with Crippen molar-refractivity contribution < 1.29 is 5.11 Å². The molecule has 0 amide bonds. The first-order chi connectivity index (χ1) is 4.57. The van der Waals surface area contributed by atoms with E-state index in [-0.39, 0.29) is 0 Å². The lowest BCUT2D eigenvalue weighted by molar-refractivity contribution is 0.182. The molecule has 0 aliphatic heterocycles. The van der Waals surface area contributed by atoms with Gasteiger partial charge in [-0.05, 0) is 24.2 Å². The highest BCUT2D eigenvalue weighted by Gasteiger charge is 2.11. The number of hydrogen-bond acceptors (Lipinski definition) is 1. The Hall–Kier alpha value is -0.0400. The zero-order chi connectivity index (χ0) is 8.15. The van der Waals surface area contributed by atoms with E-state index >= 15 is 0 Å². The van der Waals surface area contributed by atoms with Crippen molar-refractivity contribution in [2.75, 3.05) is 6.61 Å². The molecule has 1 N–H and O–H groups in total. The predicted molar refractivity (Wildman–Crippen MR) is 44.9 cm³/mol. The molecular formula is C9H20O. The second-order valence-electron chi connectivity index (χ2n) is 3.77. The Kier molecular flexibility index (Phi) is 4.71. The van der Waals surface area contributed by atoms with Crippen molar-refractivity contribution in [1.29, 1.82) is 0 Å². The maximum absolute atomic E-state index is 8.82. The number of aliphatic hydroxyl groups excluding tert-OH is 1. The summed E-state index contributed by atoms with van der Waals surface area (Å²) in [5, 5.41) is 8.82. The first-order valence-corrected chi connectivity index (χ1v) is 4.18. The van der Waals surface area contributed by atoms with Gasteiger partial charge >= 0.3 is 0 Å². The van der Waals surface area contributed by atoms with Crippen LogP contribution in [0.5, 0.6) is 0 Å². The normalized spacial score (nSPS) is 17.4. The molecule has 2 unspecified atom stereocenters. The van der Waals surface area contributed by atoms with Gasteiger partial charge in [-0.2, -0.15) is 0 Å². The largest absolute Gasteiger partial charge is 0.396 e. The molecule has 0 aromatic heterocycles. The molecule has 0 radical (unpaired) electrons. The molecule has 0 aromatic carbocycles. The Labute approximate surface area is 64.5 Å². The summed E-state index contributed by atoms with van der Waals surface area (Å²) in [6.07, 6.45) is 1.22. The van der Waals surface area contributed by atoms with Crippen LogP contribution in [-0.4, -0.2) is 11.7 Å². The van der Waals surface area contributed by atoms with Gasteiger partial charge in [0.05, 0.1) is 0 Å². The molecule has 10 heavy (non-hydrogen) atoms. The van der Waals surface area contributed by atoms with Gasteiger partial charge in [-0.25, -0.2) is 0 Å². The van der Waals surface area contributed by atoms with E-state index in [0.717, 1.165) is 5.92 Å². The molecule has 0 spiro atoms. The molecule has 62 valence electrons. The zero-order valence-electron chi connectivity index (χ0n) is 7.59. The van der Waals surface area contributed by atoms with E-state index in [4.69, 9.17) is 5.11 Å². The summed E-state index contributed by atoms with van der Waals surface area (Å²) in [5.74, 6) is 1.87. The summed E-state index contributed by atoms with van der Waals surface area (Å²) in [5.41, 5.74) is 0. The molecule has 0 rings (SSSR count). The smallest absolute Gasteiger partial charge is 0.0459 e. The second-order valence-corrected chi connectivity index (χ2v) is 3.77. The summed E-state index contributed by atoms with van der Waals surface area (Å²) in [6.45, 7) is 9.09. The van der Waals surface area contributed by atoms with E-state index in [1.54, 1.807) is 0 Å². The molecule has 0 bridgehead atoms. The molecule has 0 aromatic rings. The maximum Gasteiger partial charge on any atom is 0.0459 e. The topological polar surface area (TPSA) is 20.2 Å². The highest BCUT2D eigenvalue weighted by molar-refractivity contribution is 4.62. The van der Waals surface area contributed by atoms with Gasteiger partial charge in [-0.15, -0.1) is 0 Å². The number of rotatable bonds is 4. The van der Waals surface area contributed by atoms with Gasteiger partial charge in [-0.3, -0.25) is 0 Å². The minimum Gasteiger partial charge on any atom is -0.396 e. The first-order valence-electron chi connectivity index (χ1n) is 4.18. The molecule has 2 atom stereocenters. The molecule has 0 aliphatic carbocycles. The molecular weight excluding hydrogens is 124 g/mol. The second kappa shape index (κ2) is 4.73.